The molecule has 0 aliphatic carbocycles. The molecule has 2 saturated heterocycles. The van der Waals surface area contributed by atoms with E-state index in [9.17, 15) is 9.59 Å². The van der Waals surface area contributed by atoms with Crippen LogP contribution < -0.4 is 0 Å². The van der Waals surface area contributed by atoms with E-state index in [0.717, 1.165) is 5.76 Å². The second kappa shape index (κ2) is 5.52. The first kappa shape index (κ1) is 14.1. The Morgan fingerprint density at radius 3 is 2.81 bits per heavy atom. The van der Waals surface area contributed by atoms with E-state index in [1.807, 2.05) is 11.8 Å². The summed E-state index contributed by atoms with van der Waals surface area (Å²) >= 11 is 0. The summed E-state index contributed by atoms with van der Waals surface area (Å²) in [4.78, 5) is 28.2. The summed E-state index contributed by atoms with van der Waals surface area (Å²) in [5.74, 6) is 1.27. The Labute approximate surface area is 123 Å². The van der Waals surface area contributed by atoms with Gasteiger partial charge < -0.3 is 19.0 Å². The summed E-state index contributed by atoms with van der Waals surface area (Å²) < 4.78 is 10.4. The maximum absolute atomic E-state index is 12.3. The maximum Gasteiger partial charge on any atom is 0.289 e. The fourth-order valence-electron chi connectivity index (χ4n) is 3.22. The molecule has 114 valence electrons. The molecule has 3 heterocycles. The van der Waals surface area contributed by atoms with Crippen molar-refractivity contribution in [1.29, 1.82) is 0 Å². The first-order chi connectivity index (χ1) is 10.1. The summed E-state index contributed by atoms with van der Waals surface area (Å²) in [6, 6.07) is 3.47. The zero-order valence-electron chi connectivity index (χ0n) is 12.4. The second-order valence-electron chi connectivity index (χ2n) is 5.76. The van der Waals surface area contributed by atoms with Crippen LogP contribution >= 0.6 is 0 Å². The smallest absolute Gasteiger partial charge is 0.289 e. The van der Waals surface area contributed by atoms with Gasteiger partial charge in [-0.2, -0.15) is 0 Å². The largest absolute Gasteiger partial charge is 0.456 e. The maximum atomic E-state index is 12.3. The molecular formula is C15H20N2O4. The van der Waals surface area contributed by atoms with Crippen molar-refractivity contribution < 1.29 is 18.7 Å². The molecule has 2 aliphatic rings. The van der Waals surface area contributed by atoms with E-state index in [-0.39, 0.29) is 23.7 Å². The highest BCUT2D eigenvalue weighted by molar-refractivity contribution is 5.93. The van der Waals surface area contributed by atoms with Crippen LogP contribution in [0.3, 0.4) is 0 Å². The minimum absolute atomic E-state index is 0.0677. The molecule has 21 heavy (non-hydrogen) atoms. The number of hydrogen-bond acceptors (Lipinski definition) is 4. The van der Waals surface area contributed by atoms with Crippen LogP contribution in [0.15, 0.2) is 16.5 Å². The Kier molecular flexibility index (Phi) is 3.71. The van der Waals surface area contributed by atoms with E-state index < -0.39 is 0 Å². The number of nitrogens with zero attached hydrogens (tertiary/aromatic N) is 2. The molecule has 2 atom stereocenters. The van der Waals surface area contributed by atoms with Gasteiger partial charge in [0.05, 0.1) is 12.5 Å². The van der Waals surface area contributed by atoms with Crippen molar-refractivity contribution in [2.45, 2.75) is 6.92 Å². The van der Waals surface area contributed by atoms with Crippen molar-refractivity contribution in [2.24, 2.45) is 11.8 Å². The van der Waals surface area contributed by atoms with E-state index in [4.69, 9.17) is 9.15 Å². The Morgan fingerprint density at radius 2 is 2.19 bits per heavy atom. The lowest BCUT2D eigenvalue weighted by atomic mass is 10.0. The molecule has 2 amide bonds. The molecule has 1 aromatic heterocycles. The quantitative estimate of drug-likeness (QED) is 0.822. The molecule has 0 aromatic carbocycles. The monoisotopic (exact) mass is 292 g/mol. The van der Waals surface area contributed by atoms with E-state index in [1.54, 1.807) is 24.1 Å². The van der Waals surface area contributed by atoms with Gasteiger partial charge in [0.2, 0.25) is 5.91 Å². The molecule has 2 aliphatic heterocycles. The summed E-state index contributed by atoms with van der Waals surface area (Å²) in [6.07, 6.45) is 0. The molecule has 0 radical (unpaired) electrons. The molecular weight excluding hydrogens is 272 g/mol. The number of ether oxygens (including phenoxy) is 1. The molecule has 0 bridgehead atoms. The minimum Gasteiger partial charge on any atom is -0.456 e. The number of likely N-dealkylation sites (tertiary alicyclic amines) is 2. The van der Waals surface area contributed by atoms with Crippen molar-refractivity contribution in [2.75, 3.05) is 39.9 Å². The third-order valence-corrected chi connectivity index (χ3v) is 4.33. The van der Waals surface area contributed by atoms with E-state index >= 15 is 0 Å². The average molecular weight is 292 g/mol. The van der Waals surface area contributed by atoms with Gasteiger partial charge in [-0.3, -0.25) is 9.59 Å². The van der Waals surface area contributed by atoms with E-state index in [0.29, 0.717) is 38.5 Å². The van der Waals surface area contributed by atoms with E-state index in [1.165, 1.54) is 0 Å². The van der Waals surface area contributed by atoms with Crippen molar-refractivity contribution in [3.05, 3.63) is 23.7 Å². The van der Waals surface area contributed by atoms with Crippen LogP contribution in [0.5, 0.6) is 0 Å². The topological polar surface area (TPSA) is 63.0 Å². The van der Waals surface area contributed by atoms with Crippen LogP contribution in [0, 0.1) is 18.8 Å². The van der Waals surface area contributed by atoms with Gasteiger partial charge in [-0.25, -0.2) is 0 Å². The molecule has 0 spiro atoms. The lowest BCUT2D eigenvalue weighted by Crippen LogP contribution is -2.36. The first-order valence-corrected chi connectivity index (χ1v) is 7.23. The molecule has 3 rings (SSSR count). The van der Waals surface area contributed by atoms with Crippen molar-refractivity contribution in [3.8, 4) is 0 Å². The predicted molar refractivity (Wildman–Crippen MR) is 74.8 cm³/mol. The SMILES string of the molecule is COCCN1C[C@@H]2CN(C(=O)c3ccc(C)o3)C[C@@H]2C1=O. The second-order valence-corrected chi connectivity index (χ2v) is 5.76. The fraction of sp³-hybridized carbons (Fsp3) is 0.600. The fourth-order valence-corrected chi connectivity index (χ4v) is 3.22. The molecule has 0 saturated carbocycles. The van der Waals surface area contributed by atoms with Gasteiger partial charge in [0.15, 0.2) is 5.76 Å². The number of amides is 2. The number of rotatable bonds is 4. The highest BCUT2D eigenvalue weighted by Crippen LogP contribution is 2.32. The number of methoxy groups -OCH3 is 1. The first-order valence-electron chi connectivity index (χ1n) is 7.23. The van der Waals surface area contributed by atoms with Gasteiger partial charge in [-0.15, -0.1) is 0 Å². The van der Waals surface area contributed by atoms with Crippen molar-refractivity contribution in [3.63, 3.8) is 0 Å². The van der Waals surface area contributed by atoms with Gasteiger partial charge in [-0.1, -0.05) is 0 Å². The number of furan rings is 1. The number of carbonyl (C=O) groups excluding carboxylic acids is 2. The highest BCUT2D eigenvalue weighted by Gasteiger charge is 2.47. The van der Waals surface area contributed by atoms with Gasteiger partial charge in [-0.05, 0) is 19.1 Å². The Morgan fingerprint density at radius 1 is 1.38 bits per heavy atom. The normalized spacial score (nSPS) is 24.8. The number of fused-ring (bicyclic) bond motifs is 1. The van der Waals surface area contributed by atoms with Crippen molar-refractivity contribution in [1.82, 2.24) is 9.80 Å². The Balaban J connectivity index is 1.63. The van der Waals surface area contributed by atoms with Crippen LogP contribution in [0.1, 0.15) is 16.3 Å². The lowest BCUT2D eigenvalue weighted by molar-refractivity contribution is -0.131. The number of aryl methyl sites for hydroxylation is 1. The molecule has 2 fully saturated rings. The summed E-state index contributed by atoms with van der Waals surface area (Å²) in [5, 5.41) is 0. The zero-order valence-corrected chi connectivity index (χ0v) is 12.4. The van der Waals surface area contributed by atoms with Crippen LogP contribution in [-0.4, -0.2) is 61.5 Å². The predicted octanol–water partition coefficient (Wildman–Crippen LogP) is 0.765. The molecule has 6 nitrogen and oxygen atoms in total. The van der Waals surface area contributed by atoms with Crippen LogP contribution in [0.2, 0.25) is 0 Å². The standard InChI is InChI=1S/C15H20N2O4/c1-10-3-4-13(21-10)15(19)17-8-11-7-16(5-6-20-2)14(18)12(11)9-17/h3-4,11-12H,5-9H2,1-2H3/t11-,12+/m1/s1. The third-order valence-electron chi connectivity index (χ3n) is 4.33. The van der Waals surface area contributed by atoms with Gasteiger partial charge >= 0.3 is 0 Å². The van der Waals surface area contributed by atoms with Gasteiger partial charge in [0.1, 0.15) is 5.76 Å². The number of carbonyl (C=O) groups is 2. The Hall–Kier alpha value is -1.82. The highest BCUT2D eigenvalue weighted by atomic mass is 16.5. The van der Waals surface area contributed by atoms with Gasteiger partial charge in [0, 0.05) is 39.2 Å². The van der Waals surface area contributed by atoms with Gasteiger partial charge in [0.25, 0.3) is 5.91 Å². The molecule has 0 unspecified atom stereocenters. The molecule has 1 aromatic rings. The third kappa shape index (κ3) is 2.55. The Bertz CT molecular complexity index is 554. The summed E-state index contributed by atoms with van der Waals surface area (Å²) in [7, 11) is 1.63. The summed E-state index contributed by atoms with van der Waals surface area (Å²) in [6.45, 7) is 4.83. The molecule has 0 N–H and O–H groups in total. The van der Waals surface area contributed by atoms with Crippen LogP contribution in [0.4, 0.5) is 0 Å². The van der Waals surface area contributed by atoms with E-state index in [2.05, 4.69) is 0 Å². The molecule has 6 heteroatoms. The zero-order chi connectivity index (χ0) is 15.0. The van der Waals surface area contributed by atoms with Crippen molar-refractivity contribution >= 4 is 11.8 Å². The average Bonchev–Trinajstić information content (AvgIpc) is 3.13. The minimum atomic E-state index is -0.117. The lowest BCUT2D eigenvalue weighted by Gasteiger charge is -2.21. The number of hydrogen-bond donors (Lipinski definition) is 0. The van der Waals surface area contributed by atoms with Crippen LogP contribution in [-0.2, 0) is 9.53 Å². The van der Waals surface area contributed by atoms with Crippen LogP contribution in [0.25, 0.3) is 0 Å². The summed E-state index contributed by atoms with van der Waals surface area (Å²) in [5.41, 5.74) is 0.